The van der Waals surface area contributed by atoms with Crippen LogP contribution < -0.4 is 10.1 Å². The molecule has 1 N–H and O–H groups in total. The minimum atomic E-state index is -0.0847. The van der Waals surface area contributed by atoms with E-state index in [2.05, 4.69) is 18.3 Å². The summed E-state index contributed by atoms with van der Waals surface area (Å²) in [6.07, 6.45) is 4.12. The average molecular weight is 450 g/mol. The molecule has 2 heterocycles. The third-order valence-corrected chi connectivity index (χ3v) is 6.80. The van der Waals surface area contributed by atoms with Crippen LogP contribution in [0.1, 0.15) is 61.4 Å². The van der Waals surface area contributed by atoms with E-state index in [4.69, 9.17) is 4.74 Å². The van der Waals surface area contributed by atoms with Crippen molar-refractivity contribution >= 4 is 17.6 Å². The predicted octanol–water partition coefficient (Wildman–Crippen LogP) is 5.37. The number of carbonyl (C=O) groups excluding carboxylic acids is 2. The van der Waals surface area contributed by atoms with Crippen molar-refractivity contribution in [1.82, 2.24) is 9.80 Å². The second-order valence-corrected chi connectivity index (χ2v) is 9.27. The SMILES string of the molecule is CCOc1ccc(NC(=O)N2CCC[C@@H](c3cccc(C(=O)N4CCC(C)CC4)c3)C2)cc1. The van der Waals surface area contributed by atoms with E-state index in [9.17, 15) is 9.59 Å². The summed E-state index contributed by atoms with van der Waals surface area (Å²) >= 11 is 0. The minimum Gasteiger partial charge on any atom is -0.494 e. The summed E-state index contributed by atoms with van der Waals surface area (Å²) in [4.78, 5) is 29.8. The Kier molecular flexibility index (Phi) is 7.53. The fourth-order valence-electron chi connectivity index (χ4n) is 4.76. The van der Waals surface area contributed by atoms with Gasteiger partial charge in [0, 0.05) is 43.3 Å². The fourth-order valence-corrected chi connectivity index (χ4v) is 4.76. The Hall–Kier alpha value is -3.02. The summed E-state index contributed by atoms with van der Waals surface area (Å²) in [6, 6.07) is 15.4. The van der Waals surface area contributed by atoms with E-state index in [0.29, 0.717) is 19.1 Å². The maximum absolute atomic E-state index is 13.0. The second kappa shape index (κ2) is 10.7. The third kappa shape index (κ3) is 5.86. The van der Waals surface area contributed by atoms with Crippen LogP contribution in [0.3, 0.4) is 0 Å². The highest BCUT2D eigenvalue weighted by molar-refractivity contribution is 5.94. The van der Waals surface area contributed by atoms with Crippen molar-refractivity contribution in [2.24, 2.45) is 5.92 Å². The van der Waals surface area contributed by atoms with E-state index < -0.39 is 0 Å². The molecule has 1 atom stereocenters. The maximum atomic E-state index is 13.0. The van der Waals surface area contributed by atoms with Crippen molar-refractivity contribution < 1.29 is 14.3 Å². The molecule has 2 fully saturated rings. The number of nitrogens with zero attached hydrogens (tertiary/aromatic N) is 2. The number of piperidine rings is 2. The normalized spacial score (nSPS) is 19.3. The van der Waals surface area contributed by atoms with Crippen LogP contribution in [-0.4, -0.2) is 54.5 Å². The van der Waals surface area contributed by atoms with Crippen LogP contribution in [0.5, 0.6) is 5.75 Å². The molecule has 2 aromatic rings. The number of benzene rings is 2. The molecule has 4 rings (SSSR count). The molecule has 6 nitrogen and oxygen atoms in total. The molecule has 0 spiro atoms. The quantitative estimate of drug-likeness (QED) is 0.668. The molecule has 2 saturated heterocycles. The van der Waals surface area contributed by atoms with Crippen LogP contribution >= 0.6 is 0 Å². The minimum absolute atomic E-state index is 0.0847. The monoisotopic (exact) mass is 449 g/mol. The zero-order valence-corrected chi connectivity index (χ0v) is 19.8. The number of hydrogen-bond donors (Lipinski definition) is 1. The summed E-state index contributed by atoms with van der Waals surface area (Å²) in [7, 11) is 0. The van der Waals surface area contributed by atoms with Gasteiger partial charge in [-0.2, -0.15) is 0 Å². The number of likely N-dealkylation sites (tertiary alicyclic amines) is 2. The molecule has 176 valence electrons. The highest BCUT2D eigenvalue weighted by atomic mass is 16.5. The highest BCUT2D eigenvalue weighted by Gasteiger charge is 2.26. The van der Waals surface area contributed by atoms with Gasteiger partial charge in [0.15, 0.2) is 0 Å². The molecule has 6 heteroatoms. The number of nitrogens with one attached hydrogen (secondary N) is 1. The number of amides is 3. The zero-order valence-electron chi connectivity index (χ0n) is 19.8. The van der Waals surface area contributed by atoms with Crippen molar-refractivity contribution in [3.8, 4) is 5.75 Å². The van der Waals surface area contributed by atoms with Gasteiger partial charge in [0.1, 0.15) is 5.75 Å². The van der Waals surface area contributed by atoms with Crippen LogP contribution in [0, 0.1) is 5.92 Å². The molecule has 0 unspecified atom stereocenters. The maximum Gasteiger partial charge on any atom is 0.321 e. The molecule has 2 aliphatic rings. The Morgan fingerprint density at radius 1 is 1.00 bits per heavy atom. The van der Waals surface area contributed by atoms with Crippen molar-refractivity contribution in [3.05, 3.63) is 59.7 Å². The summed E-state index contributed by atoms with van der Waals surface area (Å²) < 4.78 is 5.46. The molecule has 0 aliphatic carbocycles. The first-order chi connectivity index (χ1) is 16.0. The first-order valence-corrected chi connectivity index (χ1v) is 12.2. The Labute approximate surface area is 196 Å². The van der Waals surface area contributed by atoms with E-state index in [-0.39, 0.29) is 17.9 Å². The molecule has 2 aromatic carbocycles. The van der Waals surface area contributed by atoms with Gasteiger partial charge in [0.05, 0.1) is 6.61 Å². The number of urea groups is 1. The van der Waals surface area contributed by atoms with Crippen molar-refractivity contribution in [3.63, 3.8) is 0 Å². The molecule has 0 aromatic heterocycles. The standard InChI is InChI=1S/C27H35N3O3/c1-3-33-25-11-9-24(10-12-25)28-27(32)30-15-5-8-23(19-30)21-6-4-7-22(18-21)26(31)29-16-13-20(2)14-17-29/h4,6-7,9-12,18,20,23H,3,5,8,13-17,19H2,1-2H3,(H,28,32)/t23-/m1/s1. The van der Waals surface area contributed by atoms with Crippen LogP contribution in [-0.2, 0) is 0 Å². The van der Waals surface area contributed by atoms with Crippen molar-refractivity contribution in [2.45, 2.75) is 45.4 Å². The van der Waals surface area contributed by atoms with Crippen LogP contribution in [0.15, 0.2) is 48.5 Å². The Balaban J connectivity index is 1.38. The summed E-state index contributed by atoms with van der Waals surface area (Å²) in [5.74, 6) is 1.85. The lowest BCUT2D eigenvalue weighted by Gasteiger charge is -2.33. The van der Waals surface area contributed by atoms with Crippen molar-refractivity contribution in [2.75, 3.05) is 38.1 Å². The molecule has 3 amide bonds. The van der Waals surface area contributed by atoms with Gasteiger partial charge in [-0.05, 0) is 80.5 Å². The highest BCUT2D eigenvalue weighted by Crippen LogP contribution is 2.29. The van der Waals surface area contributed by atoms with Gasteiger partial charge in [0.2, 0.25) is 0 Å². The lowest BCUT2D eigenvalue weighted by atomic mass is 9.89. The number of rotatable bonds is 5. The number of hydrogen-bond acceptors (Lipinski definition) is 3. The van der Waals surface area contributed by atoms with Crippen LogP contribution in [0.25, 0.3) is 0 Å². The van der Waals surface area contributed by atoms with Crippen LogP contribution in [0.4, 0.5) is 10.5 Å². The smallest absolute Gasteiger partial charge is 0.321 e. The van der Waals surface area contributed by atoms with E-state index >= 15 is 0 Å². The molecular weight excluding hydrogens is 414 g/mol. The zero-order chi connectivity index (χ0) is 23.2. The number of ether oxygens (including phenoxy) is 1. The molecule has 0 bridgehead atoms. The topological polar surface area (TPSA) is 61.9 Å². The summed E-state index contributed by atoms with van der Waals surface area (Å²) in [6.45, 7) is 7.89. The van der Waals surface area contributed by atoms with Gasteiger partial charge in [0.25, 0.3) is 5.91 Å². The Morgan fingerprint density at radius 3 is 2.48 bits per heavy atom. The number of anilines is 1. The van der Waals surface area contributed by atoms with E-state index in [1.807, 2.05) is 59.2 Å². The lowest BCUT2D eigenvalue weighted by Crippen LogP contribution is -2.41. The molecule has 2 aliphatic heterocycles. The predicted molar refractivity (Wildman–Crippen MR) is 131 cm³/mol. The lowest BCUT2D eigenvalue weighted by molar-refractivity contribution is 0.0697. The molecular formula is C27H35N3O3. The van der Waals surface area contributed by atoms with Gasteiger partial charge in [-0.1, -0.05) is 19.1 Å². The van der Waals surface area contributed by atoms with Gasteiger partial charge in [-0.25, -0.2) is 4.79 Å². The summed E-state index contributed by atoms with van der Waals surface area (Å²) in [5.41, 5.74) is 2.66. The number of carbonyl (C=O) groups is 2. The van der Waals surface area contributed by atoms with Gasteiger partial charge in [-0.15, -0.1) is 0 Å². The van der Waals surface area contributed by atoms with Gasteiger partial charge < -0.3 is 19.9 Å². The molecule has 0 saturated carbocycles. The average Bonchev–Trinajstić information content (AvgIpc) is 2.85. The largest absolute Gasteiger partial charge is 0.494 e. The first kappa shape index (κ1) is 23.1. The molecule has 0 radical (unpaired) electrons. The van der Waals surface area contributed by atoms with E-state index in [1.165, 1.54) is 0 Å². The van der Waals surface area contributed by atoms with Crippen molar-refractivity contribution in [1.29, 1.82) is 0 Å². The fraction of sp³-hybridized carbons (Fsp3) is 0.481. The van der Waals surface area contributed by atoms with E-state index in [0.717, 1.165) is 67.9 Å². The van der Waals surface area contributed by atoms with E-state index in [1.54, 1.807) is 0 Å². The molecule has 33 heavy (non-hydrogen) atoms. The third-order valence-electron chi connectivity index (χ3n) is 6.80. The van der Waals surface area contributed by atoms with Gasteiger partial charge >= 0.3 is 6.03 Å². The first-order valence-electron chi connectivity index (χ1n) is 12.2. The van der Waals surface area contributed by atoms with Crippen LogP contribution in [0.2, 0.25) is 0 Å². The Morgan fingerprint density at radius 2 is 1.76 bits per heavy atom. The Bertz CT molecular complexity index is 951. The van der Waals surface area contributed by atoms with Gasteiger partial charge in [-0.3, -0.25) is 4.79 Å². The second-order valence-electron chi connectivity index (χ2n) is 9.27. The summed E-state index contributed by atoms with van der Waals surface area (Å²) in [5, 5.41) is 3.00.